The maximum atomic E-state index is 9.90. The minimum Gasteiger partial charge on any atom is -0.505 e. The number of aliphatic hydroxyl groups is 1. The summed E-state index contributed by atoms with van der Waals surface area (Å²) in [4.78, 5) is 2.91. The van der Waals surface area contributed by atoms with Crippen molar-refractivity contribution >= 4 is 0 Å². The second kappa shape index (κ2) is 5.21. The Morgan fingerprint density at radius 3 is 2.63 bits per heavy atom. The van der Waals surface area contributed by atoms with E-state index in [0.29, 0.717) is 12.3 Å². The summed E-state index contributed by atoms with van der Waals surface area (Å²) in [6, 6.07) is 0. The Bertz CT molecular complexity index is 479. The van der Waals surface area contributed by atoms with E-state index in [0.717, 1.165) is 12.6 Å². The van der Waals surface area contributed by atoms with E-state index < -0.39 is 0 Å². The van der Waals surface area contributed by atoms with E-state index in [-0.39, 0.29) is 16.6 Å². The van der Waals surface area contributed by atoms with E-state index in [1.807, 2.05) is 0 Å². The molecular weight excluding hydrogens is 236 g/mol. The molecule has 0 aromatic rings. The number of nitrogens with zero attached hydrogens (tertiary/aromatic N) is 2. The highest BCUT2D eigenvalue weighted by Crippen LogP contribution is 2.57. The van der Waals surface area contributed by atoms with Gasteiger partial charge in [0.05, 0.1) is 0 Å². The molecule has 2 atom stereocenters. The van der Waals surface area contributed by atoms with Crippen LogP contribution in [0.5, 0.6) is 0 Å². The average Bonchev–Trinajstić information content (AvgIpc) is 2.26. The number of diazo groups is 1. The van der Waals surface area contributed by atoms with Crippen LogP contribution in [0.2, 0.25) is 0 Å². The summed E-state index contributed by atoms with van der Waals surface area (Å²) in [7, 11) is 0. The molecule has 0 saturated carbocycles. The van der Waals surface area contributed by atoms with Crippen LogP contribution in [0.15, 0.2) is 35.8 Å². The molecule has 19 heavy (non-hydrogen) atoms. The first kappa shape index (κ1) is 15.5. The molecule has 0 spiro atoms. The highest BCUT2D eigenvalue weighted by Gasteiger charge is 2.49. The molecule has 0 bridgehead atoms. The molecule has 0 aromatic heterocycles. The van der Waals surface area contributed by atoms with Gasteiger partial charge in [-0.05, 0) is 31.6 Å². The standard InChI is InChI=1S/C16H24N2O/c1-11(2)14-8-7-12(3)16(6,15(14,4)5)9-13(19)10-18-17/h7,10,14H,1,8-9H2,2-6H3/p+1/b13-10+/t14-,16-/m0/s1. The van der Waals surface area contributed by atoms with Gasteiger partial charge in [0.1, 0.15) is 0 Å². The first-order valence-corrected chi connectivity index (χ1v) is 6.71. The molecule has 104 valence electrons. The first-order chi connectivity index (χ1) is 8.66. The summed E-state index contributed by atoms with van der Waals surface area (Å²) in [5, 5.41) is 18.4. The summed E-state index contributed by atoms with van der Waals surface area (Å²) in [5.41, 5.74) is 2.25. The minimum atomic E-state index is -0.180. The van der Waals surface area contributed by atoms with Crippen LogP contribution < -0.4 is 0 Å². The molecule has 1 aliphatic carbocycles. The second-order valence-corrected chi connectivity index (χ2v) is 6.49. The van der Waals surface area contributed by atoms with Crippen molar-refractivity contribution < 1.29 is 5.11 Å². The van der Waals surface area contributed by atoms with Crippen LogP contribution in [0.3, 0.4) is 0 Å². The predicted octanol–water partition coefficient (Wildman–Crippen LogP) is 5.20. The topological polar surface area (TPSA) is 48.4 Å². The summed E-state index contributed by atoms with van der Waals surface area (Å²) >= 11 is 0. The fourth-order valence-electron chi connectivity index (χ4n) is 3.37. The quantitative estimate of drug-likeness (QED) is 0.431. The van der Waals surface area contributed by atoms with Gasteiger partial charge in [-0.1, -0.05) is 44.6 Å². The molecule has 0 fully saturated rings. The van der Waals surface area contributed by atoms with Gasteiger partial charge in [0.25, 0.3) is 0 Å². The smallest absolute Gasteiger partial charge is 0.387 e. The van der Waals surface area contributed by atoms with Crippen molar-refractivity contribution in [3.8, 4) is 0 Å². The number of rotatable bonds is 3. The second-order valence-electron chi connectivity index (χ2n) is 6.49. The van der Waals surface area contributed by atoms with E-state index in [1.54, 1.807) is 0 Å². The SMILES string of the molecule is C=C(C)[C@@H]1CC=C(C)[C@](C)(C/C(O)=C\[N+]#N)C1(C)C. The lowest BCUT2D eigenvalue weighted by atomic mass is 9.51. The van der Waals surface area contributed by atoms with Gasteiger partial charge in [-0.25, -0.2) is 0 Å². The molecule has 3 nitrogen and oxygen atoms in total. The van der Waals surface area contributed by atoms with Crippen molar-refractivity contribution in [2.75, 3.05) is 0 Å². The van der Waals surface area contributed by atoms with E-state index in [1.165, 1.54) is 11.1 Å². The molecular formula is C16H25N2O+. The van der Waals surface area contributed by atoms with Crippen LogP contribution in [0.1, 0.15) is 47.5 Å². The average molecular weight is 261 g/mol. The lowest BCUT2D eigenvalue weighted by Crippen LogP contribution is -2.45. The lowest BCUT2D eigenvalue weighted by molar-refractivity contribution is 0.0515. The van der Waals surface area contributed by atoms with Gasteiger partial charge in [0, 0.05) is 11.8 Å². The largest absolute Gasteiger partial charge is 0.505 e. The molecule has 0 aromatic carbocycles. The van der Waals surface area contributed by atoms with Crippen molar-refractivity contribution in [1.29, 1.82) is 5.39 Å². The van der Waals surface area contributed by atoms with E-state index in [4.69, 9.17) is 5.39 Å². The van der Waals surface area contributed by atoms with Crippen LogP contribution in [0.25, 0.3) is 4.98 Å². The molecule has 1 rings (SSSR count). The van der Waals surface area contributed by atoms with Gasteiger partial charge >= 0.3 is 6.20 Å². The Kier molecular flexibility index (Phi) is 4.25. The molecule has 0 heterocycles. The molecule has 0 radical (unpaired) electrons. The third-order valence-corrected chi connectivity index (χ3v) is 5.16. The Labute approximate surface area is 116 Å². The fraction of sp³-hybridized carbons (Fsp3) is 0.625. The number of hydrogen-bond donors (Lipinski definition) is 1. The number of aliphatic hydroxyl groups excluding tert-OH is 1. The van der Waals surface area contributed by atoms with E-state index in [9.17, 15) is 5.11 Å². The molecule has 1 aliphatic rings. The third-order valence-electron chi connectivity index (χ3n) is 5.16. The number of allylic oxidation sites excluding steroid dienone is 4. The molecule has 3 heteroatoms. The Balaban J connectivity index is 3.25. The van der Waals surface area contributed by atoms with Crippen LogP contribution in [-0.2, 0) is 0 Å². The molecule has 0 amide bonds. The van der Waals surface area contributed by atoms with Gasteiger partial charge in [-0.15, -0.1) is 0 Å². The van der Waals surface area contributed by atoms with Crippen molar-refractivity contribution in [3.63, 3.8) is 0 Å². The van der Waals surface area contributed by atoms with Crippen molar-refractivity contribution in [2.45, 2.75) is 47.5 Å². The lowest BCUT2D eigenvalue weighted by Gasteiger charge is -2.53. The van der Waals surface area contributed by atoms with Gasteiger partial charge in [0.15, 0.2) is 10.7 Å². The third kappa shape index (κ3) is 2.58. The molecule has 0 saturated heterocycles. The highest BCUT2D eigenvalue weighted by atomic mass is 16.3. The first-order valence-electron chi connectivity index (χ1n) is 6.71. The van der Waals surface area contributed by atoms with E-state index >= 15 is 0 Å². The van der Waals surface area contributed by atoms with Crippen molar-refractivity contribution in [3.05, 3.63) is 40.7 Å². The zero-order valence-electron chi connectivity index (χ0n) is 12.7. The summed E-state index contributed by atoms with van der Waals surface area (Å²) < 4.78 is 0. The fourth-order valence-corrected chi connectivity index (χ4v) is 3.37. The highest BCUT2D eigenvalue weighted by molar-refractivity contribution is 5.27. The Hall–Kier alpha value is -1.56. The van der Waals surface area contributed by atoms with E-state index in [2.05, 4.69) is 52.2 Å². The van der Waals surface area contributed by atoms with Crippen LogP contribution in [0.4, 0.5) is 0 Å². The molecule has 1 N–H and O–H groups in total. The Morgan fingerprint density at radius 2 is 2.16 bits per heavy atom. The molecule has 0 unspecified atom stereocenters. The van der Waals surface area contributed by atoms with Crippen LogP contribution >= 0.6 is 0 Å². The Morgan fingerprint density at radius 1 is 1.58 bits per heavy atom. The zero-order valence-corrected chi connectivity index (χ0v) is 12.7. The van der Waals surface area contributed by atoms with Crippen molar-refractivity contribution in [2.24, 2.45) is 16.7 Å². The monoisotopic (exact) mass is 261 g/mol. The molecule has 0 aliphatic heterocycles. The number of hydrogen-bond acceptors (Lipinski definition) is 2. The van der Waals surface area contributed by atoms with Crippen molar-refractivity contribution in [1.82, 2.24) is 0 Å². The van der Waals surface area contributed by atoms with Gasteiger partial charge < -0.3 is 5.11 Å². The summed E-state index contributed by atoms with van der Waals surface area (Å²) in [5.74, 6) is 0.494. The summed E-state index contributed by atoms with van der Waals surface area (Å²) in [6.07, 6.45) is 4.82. The van der Waals surface area contributed by atoms with Gasteiger partial charge in [-0.2, -0.15) is 0 Å². The van der Waals surface area contributed by atoms with Crippen LogP contribution in [-0.4, -0.2) is 5.11 Å². The van der Waals surface area contributed by atoms with Gasteiger partial charge in [0.2, 0.25) is 5.39 Å². The van der Waals surface area contributed by atoms with Gasteiger partial charge in [-0.3, -0.25) is 0 Å². The normalized spacial score (nSPS) is 30.4. The predicted molar refractivity (Wildman–Crippen MR) is 79.0 cm³/mol. The maximum absolute atomic E-state index is 9.90. The maximum Gasteiger partial charge on any atom is 0.387 e. The summed E-state index contributed by atoms with van der Waals surface area (Å²) in [6.45, 7) is 14.9. The zero-order chi connectivity index (χ0) is 14.8. The van der Waals surface area contributed by atoms with Crippen LogP contribution in [0, 0.1) is 22.1 Å². The minimum absolute atomic E-state index is 0.0189.